The summed E-state index contributed by atoms with van der Waals surface area (Å²) in [7, 11) is -1.74. The summed E-state index contributed by atoms with van der Waals surface area (Å²) in [5.74, 6) is 7.66. The van der Waals surface area contributed by atoms with Gasteiger partial charge in [0.1, 0.15) is 16.7 Å². The van der Waals surface area contributed by atoms with Gasteiger partial charge in [-0.1, -0.05) is 32.6 Å². The van der Waals surface area contributed by atoms with E-state index in [-0.39, 0.29) is 30.1 Å². The SMILES string of the molecule is CC(C)CC#Cc1ccc2c(c1)O[C@@H](CN(C)CC1CCOCC1)[C@@H](C)CN([C@@H](C)CO)S2(=O)=O. The predicted molar refractivity (Wildman–Crippen MR) is 138 cm³/mol. The van der Waals surface area contributed by atoms with E-state index in [1.54, 1.807) is 25.1 Å². The van der Waals surface area contributed by atoms with Crippen LogP contribution in [0.2, 0.25) is 0 Å². The number of rotatable bonds is 7. The molecule has 1 aromatic carbocycles. The quantitative estimate of drug-likeness (QED) is 0.572. The first kappa shape index (κ1) is 27.9. The van der Waals surface area contributed by atoms with Crippen molar-refractivity contribution < 1.29 is 23.0 Å². The molecule has 1 fully saturated rings. The summed E-state index contributed by atoms with van der Waals surface area (Å²) in [6.45, 7) is 11.3. The van der Waals surface area contributed by atoms with Crippen LogP contribution < -0.4 is 4.74 Å². The monoisotopic (exact) mass is 506 g/mol. The van der Waals surface area contributed by atoms with Gasteiger partial charge in [0, 0.05) is 56.8 Å². The molecule has 0 radical (unpaired) electrons. The van der Waals surface area contributed by atoms with E-state index in [1.165, 1.54) is 4.31 Å². The molecule has 2 heterocycles. The van der Waals surface area contributed by atoms with Crippen molar-refractivity contribution in [3.05, 3.63) is 23.8 Å². The van der Waals surface area contributed by atoms with Crippen LogP contribution in [-0.2, 0) is 14.8 Å². The van der Waals surface area contributed by atoms with Crippen molar-refractivity contribution in [2.24, 2.45) is 17.8 Å². The standard InChI is InChI=1S/C27H42N2O5S/c1-20(2)7-6-8-23-9-10-27-25(15-23)34-26(18-28(5)17-24-11-13-33-14-12-24)21(3)16-29(22(4)19-30)35(27,31)32/h9-10,15,20-22,24,26,30H,7,11-14,16-19H2,1-5H3/t21-,22-,26-/m0/s1. The maximum absolute atomic E-state index is 13.6. The summed E-state index contributed by atoms with van der Waals surface area (Å²) in [4.78, 5) is 2.43. The zero-order valence-electron chi connectivity index (χ0n) is 21.9. The summed E-state index contributed by atoms with van der Waals surface area (Å²) in [5, 5.41) is 9.82. The highest BCUT2D eigenvalue weighted by molar-refractivity contribution is 7.89. The second-order valence-electron chi connectivity index (χ2n) is 10.6. The van der Waals surface area contributed by atoms with E-state index in [4.69, 9.17) is 9.47 Å². The second kappa shape index (κ2) is 12.6. The minimum Gasteiger partial charge on any atom is -0.487 e. The van der Waals surface area contributed by atoms with E-state index in [0.29, 0.717) is 24.1 Å². The first-order valence-corrected chi connectivity index (χ1v) is 14.2. The van der Waals surface area contributed by atoms with E-state index >= 15 is 0 Å². The lowest BCUT2D eigenvalue weighted by molar-refractivity contribution is 0.0402. The lowest BCUT2D eigenvalue weighted by atomic mass is 9.98. The Morgan fingerprint density at radius 3 is 2.57 bits per heavy atom. The molecule has 3 rings (SSSR count). The first-order chi connectivity index (χ1) is 16.6. The molecule has 7 nitrogen and oxygen atoms in total. The van der Waals surface area contributed by atoms with E-state index in [9.17, 15) is 13.5 Å². The third-order valence-electron chi connectivity index (χ3n) is 6.81. The van der Waals surface area contributed by atoms with Crippen molar-refractivity contribution in [1.29, 1.82) is 0 Å². The van der Waals surface area contributed by atoms with Crippen molar-refractivity contribution in [2.45, 2.75) is 64.0 Å². The lowest BCUT2D eigenvalue weighted by Crippen LogP contribution is -2.50. The van der Waals surface area contributed by atoms with Crippen LogP contribution in [0, 0.1) is 29.6 Å². The molecule has 0 amide bonds. The molecule has 2 aliphatic rings. The Morgan fingerprint density at radius 2 is 1.91 bits per heavy atom. The molecule has 0 bridgehead atoms. The maximum atomic E-state index is 13.6. The van der Waals surface area contributed by atoms with Gasteiger partial charge in [0.05, 0.1) is 6.61 Å². The van der Waals surface area contributed by atoms with Gasteiger partial charge >= 0.3 is 0 Å². The highest BCUT2D eigenvalue weighted by Crippen LogP contribution is 2.34. The Kier molecular flexibility index (Phi) is 10.0. The van der Waals surface area contributed by atoms with Crippen LogP contribution in [0.5, 0.6) is 5.75 Å². The average molecular weight is 507 g/mol. The number of likely N-dealkylation sites (N-methyl/N-ethyl adjacent to an activating group) is 1. The minimum absolute atomic E-state index is 0.0697. The van der Waals surface area contributed by atoms with Crippen LogP contribution in [0.25, 0.3) is 0 Å². The van der Waals surface area contributed by atoms with E-state index in [2.05, 4.69) is 37.6 Å². The zero-order chi connectivity index (χ0) is 25.6. The Hall–Kier alpha value is -1.63. The smallest absolute Gasteiger partial charge is 0.247 e. The zero-order valence-corrected chi connectivity index (χ0v) is 22.7. The number of benzene rings is 1. The normalized spacial score (nSPS) is 24.1. The fourth-order valence-corrected chi connectivity index (χ4v) is 6.46. The fourth-order valence-electron chi connectivity index (χ4n) is 4.63. The third-order valence-corrected chi connectivity index (χ3v) is 8.83. The molecule has 1 N–H and O–H groups in total. The van der Waals surface area contributed by atoms with Crippen LogP contribution in [0.1, 0.15) is 52.5 Å². The Morgan fingerprint density at radius 1 is 1.20 bits per heavy atom. The molecule has 0 aromatic heterocycles. The van der Waals surface area contributed by atoms with Crippen molar-refractivity contribution in [2.75, 3.05) is 46.5 Å². The second-order valence-corrected chi connectivity index (χ2v) is 12.4. The summed E-state index contributed by atoms with van der Waals surface area (Å²) in [6.07, 6.45) is 2.69. The molecule has 1 saturated heterocycles. The topological polar surface area (TPSA) is 79.3 Å². The molecule has 0 unspecified atom stereocenters. The van der Waals surface area contributed by atoms with Crippen LogP contribution in [0.3, 0.4) is 0 Å². The fraction of sp³-hybridized carbons (Fsp3) is 0.704. The number of nitrogens with zero attached hydrogens (tertiary/aromatic N) is 2. The third kappa shape index (κ3) is 7.43. The van der Waals surface area contributed by atoms with E-state index in [1.807, 2.05) is 6.92 Å². The number of ether oxygens (including phenoxy) is 2. The van der Waals surface area contributed by atoms with Gasteiger partial charge in [0.2, 0.25) is 10.0 Å². The van der Waals surface area contributed by atoms with Crippen LogP contribution in [0.4, 0.5) is 0 Å². The molecule has 3 atom stereocenters. The van der Waals surface area contributed by atoms with Gasteiger partial charge in [-0.2, -0.15) is 4.31 Å². The number of aliphatic hydroxyl groups excluding tert-OH is 1. The molecule has 0 aliphatic carbocycles. The number of aliphatic hydroxyl groups is 1. The first-order valence-electron chi connectivity index (χ1n) is 12.8. The number of sulfonamides is 1. The predicted octanol–water partition coefficient (Wildman–Crippen LogP) is 3.21. The van der Waals surface area contributed by atoms with E-state index < -0.39 is 16.1 Å². The molecule has 0 saturated carbocycles. The van der Waals surface area contributed by atoms with Crippen molar-refractivity contribution in [3.8, 4) is 17.6 Å². The summed E-state index contributed by atoms with van der Waals surface area (Å²) >= 11 is 0. The lowest BCUT2D eigenvalue weighted by Gasteiger charge is -2.38. The van der Waals surface area contributed by atoms with Gasteiger partial charge in [-0.25, -0.2) is 8.42 Å². The van der Waals surface area contributed by atoms with Gasteiger partial charge in [0.25, 0.3) is 0 Å². The largest absolute Gasteiger partial charge is 0.487 e. The molecule has 0 spiro atoms. The van der Waals surface area contributed by atoms with Crippen molar-refractivity contribution in [1.82, 2.24) is 9.21 Å². The molecular formula is C27H42N2O5S. The highest BCUT2D eigenvalue weighted by atomic mass is 32.2. The Balaban J connectivity index is 1.92. The number of fused-ring (bicyclic) bond motifs is 1. The summed E-state index contributed by atoms with van der Waals surface area (Å²) < 4.78 is 40.6. The van der Waals surface area contributed by atoms with Gasteiger partial charge in [0.15, 0.2) is 0 Å². The van der Waals surface area contributed by atoms with Gasteiger partial charge in [-0.15, -0.1) is 0 Å². The van der Waals surface area contributed by atoms with Crippen molar-refractivity contribution >= 4 is 10.0 Å². The molecule has 1 aromatic rings. The molecule has 196 valence electrons. The Labute approximate surface area is 211 Å². The van der Waals surface area contributed by atoms with Crippen LogP contribution in [0.15, 0.2) is 23.1 Å². The summed E-state index contributed by atoms with van der Waals surface area (Å²) in [6, 6.07) is 4.57. The van der Waals surface area contributed by atoms with Gasteiger partial charge < -0.3 is 19.5 Å². The highest BCUT2D eigenvalue weighted by Gasteiger charge is 2.38. The number of hydrogen-bond donors (Lipinski definition) is 1. The molecular weight excluding hydrogens is 464 g/mol. The Bertz CT molecular complexity index is 995. The van der Waals surface area contributed by atoms with Crippen LogP contribution >= 0.6 is 0 Å². The minimum atomic E-state index is -3.84. The van der Waals surface area contributed by atoms with Gasteiger partial charge in [-0.05, 0) is 56.8 Å². The number of hydrogen-bond acceptors (Lipinski definition) is 6. The van der Waals surface area contributed by atoms with Crippen LogP contribution in [-0.4, -0.2) is 81.4 Å². The molecule has 2 aliphatic heterocycles. The molecule has 8 heteroatoms. The molecule has 35 heavy (non-hydrogen) atoms. The van der Waals surface area contributed by atoms with Gasteiger partial charge in [-0.3, -0.25) is 0 Å². The van der Waals surface area contributed by atoms with E-state index in [0.717, 1.165) is 44.6 Å². The van der Waals surface area contributed by atoms with Crippen molar-refractivity contribution in [3.63, 3.8) is 0 Å². The maximum Gasteiger partial charge on any atom is 0.247 e. The summed E-state index contributed by atoms with van der Waals surface area (Å²) in [5.41, 5.74) is 0.740. The average Bonchev–Trinajstić information content (AvgIpc) is 2.81.